The second kappa shape index (κ2) is 9.73. The third-order valence-corrected chi connectivity index (χ3v) is 4.47. The van der Waals surface area contributed by atoms with Crippen LogP contribution in [0.5, 0.6) is 0 Å². The maximum absolute atomic E-state index is 3.61. The topological polar surface area (TPSA) is 18.5 Å². The molecule has 0 amide bonds. The van der Waals surface area contributed by atoms with Gasteiger partial charge in [-0.2, -0.15) is 0 Å². The zero-order valence-electron chi connectivity index (χ0n) is 13.6. The van der Waals surface area contributed by atoms with Crippen LogP contribution in [-0.2, 0) is 0 Å². The second-order valence-corrected chi connectivity index (χ2v) is 5.81. The lowest BCUT2D eigenvalue weighted by molar-refractivity contribution is 0.179. The Kier molecular flexibility index (Phi) is 8.67. The molecule has 2 atom stereocenters. The Bertz CT molecular complexity index is 216. The van der Waals surface area contributed by atoms with E-state index < -0.39 is 0 Å². The Balaban J connectivity index is 2.43. The molecule has 3 nitrogen and oxygen atoms in total. The van der Waals surface area contributed by atoms with E-state index in [0.717, 1.165) is 18.6 Å². The smallest absolute Gasteiger partial charge is 0.0235 e. The quantitative estimate of drug-likeness (QED) is 0.615. The molecular weight excluding hydrogens is 234 g/mol. The van der Waals surface area contributed by atoms with Crippen LogP contribution in [-0.4, -0.2) is 61.2 Å². The van der Waals surface area contributed by atoms with Gasteiger partial charge in [0, 0.05) is 31.7 Å². The van der Waals surface area contributed by atoms with Gasteiger partial charge >= 0.3 is 0 Å². The van der Waals surface area contributed by atoms with E-state index in [0.29, 0.717) is 0 Å². The van der Waals surface area contributed by atoms with Gasteiger partial charge in [0.1, 0.15) is 0 Å². The number of likely N-dealkylation sites (tertiary alicyclic amines) is 1. The van der Waals surface area contributed by atoms with Crippen molar-refractivity contribution < 1.29 is 0 Å². The lowest BCUT2D eigenvalue weighted by Crippen LogP contribution is -2.44. The van der Waals surface area contributed by atoms with Crippen molar-refractivity contribution in [2.45, 2.75) is 65.5 Å². The van der Waals surface area contributed by atoms with E-state index in [9.17, 15) is 0 Å². The molecule has 1 rings (SSSR count). The Labute approximate surface area is 120 Å². The molecule has 1 fully saturated rings. The van der Waals surface area contributed by atoms with Crippen LogP contribution in [0.15, 0.2) is 0 Å². The molecule has 0 spiro atoms. The fraction of sp³-hybridized carbons (Fsp3) is 1.00. The number of likely N-dealkylation sites (N-methyl/N-ethyl adjacent to an activating group) is 1. The van der Waals surface area contributed by atoms with Gasteiger partial charge in [0.15, 0.2) is 0 Å². The normalized spacial score (nSPS) is 22.3. The van der Waals surface area contributed by atoms with E-state index in [1.54, 1.807) is 0 Å². The molecule has 114 valence electrons. The molecule has 0 aliphatic carbocycles. The number of nitrogens with one attached hydrogen (secondary N) is 1. The molecule has 0 aromatic heterocycles. The Morgan fingerprint density at radius 3 is 2.47 bits per heavy atom. The summed E-state index contributed by atoms with van der Waals surface area (Å²) in [6.07, 6.45) is 5.23. The molecule has 0 radical (unpaired) electrons. The third-order valence-electron chi connectivity index (χ3n) is 4.47. The minimum Gasteiger partial charge on any atom is -0.315 e. The van der Waals surface area contributed by atoms with Crippen molar-refractivity contribution in [3.05, 3.63) is 0 Å². The van der Waals surface area contributed by atoms with Crippen LogP contribution in [0.4, 0.5) is 0 Å². The Morgan fingerprint density at radius 2 is 1.89 bits per heavy atom. The molecule has 1 saturated heterocycles. The predicted octanol–water partition coefficient (Wildman–Crippen LogP) is 2.57. The van der Waals surface area contributed by atoms with Gasteiger partial charge in [-0.3, -0.25) is 9.80 Å². The maximum Gasteiger partial charge on any atom is 0.0235 e. The van der Waals surface area contributed by atoms with Crippen molar-refractivity contribution in [3.63, 3.8) is 0 Å². The van der Waals surface area contributed by atoms with Crippen molar-refractivity contribution in [3.8, 4) is 0 Å². The SMILES string of the molecule is CCCNCC(CCC)N1CCC(N(CC)CC)C1. The molecule has 0 aromatic carbocycles. The molecule has 19 heavy (non-hydrogen) atoms. The van der Waals surface area contributed by atoms with Crippen LogP contribution in [0.2, 0.25) is 0 Å². The van der Waals surface area contributed by atoms with Gasteiger partial charge in [0.25, 0.3) is 0 Å². The van der Waals surface area contributed by atoms with Crippen LogP contribution < -0.4 is 5.32 Å². The summed E-state index contributed by atoms with van der Waals surface area (Å²) in [5.41, 5.74) is 0. The highest BCUT2D eigenvalue weighted by molar-refractivity contribution is 4.87. The number of rotatable bonds is 10. The van der Waals surface area contributed by atoms with Crippen molar-refractivity contribution in [2.75, 3.05) is 39.3 Å². The van der Waals surface area contributed by atoms with E-state index in [-0.39, 0.29) is 0 Å². The maximum atomic E-state index is 3.61. The van der Waals surface area contributed by atoms with E-state index in [4.69, 9.17) is 0 Å². The molecule has 0 bridgehead atoms. The fourth-order valence-electron chi connectivity index (χ4n) is 3.33. The first-order valence-corrected chi connectivity index (χ1v) is 8.45. The Morgan fingerprint density at radius 1 is 1.16 bits per heavy atom. The summed E-state index contributed by atoms with van der Waals surface area (Å²) >= 11 is 0. The second-order valence-electron chi connectivity index (χ2n) is 5.81. The molecule has 0 saturated carbocycles. The van der Waals surface area contributed by atoms with Gasteiger partial charge in [0.05, 0.1) is 0 Å². The Hall–Kier alpha value is -0.120. The van der Waals surface area contributed by atoms with Crippen molar-refractivity contribution >= 4 is 0 Å². The number of hydrogen-bond acceptors (Lipinski definition) is 3. The zero-order chi connectivity index (χ0) is 14.1. The predicted molar refractivity (Wildman–Crippen MR) is 84.8 cm³/mol. The van der Waals surface area contributed by atoms with Crippen LogP contribution >= 0.6 is 0 Å². The summed E-state index contributed by atoms with van der Waals surface area (Å²) in [6.45, 7) is 16.4. The van der Waals surface area contributed by atoms with E-state index in [1.165, 1.54) is 58.4 Å². The highest BCUT2D eigenvalue weighted by Gasteiger charge is 2.29. The minimum atomic E-state index is 0.747. The molecule has 1 aliphatic heterocycles. The molecule has 1 N–H and O–H groups in total. The average molecular weight is 269 g/mol. The molecular formula is C16H35N3. The highest BCUT2D eigenvalue weighted by Crippen LogP contribution is 2.19. The van der Waals surface area contributed by atoms with E-state index in [1.807, 2.05) is 0 Å². The molecule has 1 heterocycles. The summed E-state index contributed by atoms with van der Waals surface area (Å²) in [5, 5.41) is 3.61. The minimum absolute atomic E-state index is 0.747. The first-order chi connectivity index (χ1) is 9.26. The van der Waals surface area contributed by atoms with Crippen LogP contribution in [0, 0.1) is 0 Å². The lowest BCUT2D eigenvalue weighted by atomic mass is 10.1. The summed E-state index contributed by atoms with van der Waals surface area (Å²) in [5.74, 6) is 0. The van der Waals surface area contributed by atoms with Crippen molar-refractivity contribution in [2.24, 2.45) is 0 Å². The van der Waals surface area contributed by atoms with Crippen molar-refractivity contribution in [1.82, 2.24) is 15.1 Å². The lowest BCUT2D eigenvalue weighted by Gasteiger charge is -2.30. The average Bonchev–Trinajstić information content (AvgIpc) is 2.89. The van der Waals surface area contributed by atoms with Crippen LogP contribution in [0.1, 0.15) is 53.4 Å². The van der Waals surface area contributed by atoms with Gasteiger partial charge in [-0.25, -0.2) is 0 Å². The summed E-state index contributed by atoms with van der Waals surface area (Å²) < 4.78 is 0. The molecule has 1 aliphatic rings. The summed E-state index contributed by atoms with van der Waals surface area (Å²) in [7, 11) is 0. The first-order valence-electron chi connectivity index (χ1n) is 8.45. The van der Waals surface area contributed by atoms with Gasteiger partial charge in [-0.1, -0.05) is 34.1 Å². The largest absolute Gasteiger partial charge is 0.315 e. The van der Waals surface area contributed by atoms with Crippen LogP contribution in [0.25, 0.3) is 0 Å². The highest BCUT2D eigenvalue weighted by atomic mass is 15.3. The van der Waals surface area contributed by atoms with Crippen LogP contribution in [0.3, 0.4) is 0 Å². The van der Waals surface area contributed by atoms with Gasteiger partial charge in [-0.15, -0.1) is 0 Å². The summed E-state index contributed by atoms with van der Waals surface area (Å²) in [6, 6.07) is 1.54. The summed E-state index contributed by atoms with van der Waals surface area (Å²) in [4.78, 5) is 5.36. The fourth-order valence-corrected chi connectivity index (χ4v) is 3.33. The third kappa shape index (κ3) is 5.41. The molecule has 2 unspecified atom stereocenters. The standard InChI is InChI=1S/C16H35N3/c1-5-9-15(13-17-11-6-2)19-12-10-16(14-19)18(7-3)8-4/h15-17H,5-14H2,1-4H3. The molecule has 3 heteroatoms. The molecule has 0 aromatic rings. The van der Waals surface area contributed by atoms with Crippen molar-refractivity contribution in [1.29, 1.82) is 0 Å². The number of nitrogens with zero attached hydrogens (tertiary/aromatic N) is 2. The van der Waals surface area contributed by atoms with Gasteiger partial charge in [-0.05, 0) is 38.9 Å². The van der Waals surface area contributed by atoms with E-state index in [2.05, 4.69) is 42.8 Å². The number of hydrogen-bond donors (Lipinski definition) is 1. The van der Waals surface area contributed by atoms with Gasteiger partial charge in [0.2, 0.25) is 0 Å². The monoisotopic (exact) mass is 269 g/mol. The first kappa shape index (κ1) is 16.9. The zero-order valence-corrected chi connectivity index (χ0v) is 13.6. The van der Waals surface area contributed by atoms with E-state index >= 15 is 0 Å². The van der Waals surface area contributed by atoms with Gasteiger partial charge < -0.3 is 5.32 Å².